The van der Waals surface area contributed by atoms with Gasteiger partial charge in [-0.1, -0.05) is 66.5 Å². The number of amides is 2. The molecular formula is C35H36Cl2FN3O5S. The van der Waals surface area contributed by atoms with Crippen LogP contribution < -0.4 is 14.4 Å². The molecule has 0 aliphatic carbocycles. The fourth-order valence-electron chi connectivity index (χ4n) is 4.84. The molecule has 0 unspecified atom stereocenters. The Labute approximate surface area is 285 Å². The topological polar surface area (TPSA) is 96.0 Å². The molecule has 4 rings (SSSR count). The van der Waals surface area contributed by atoms with Crippen LogP contribution in [0.2, 0.25) is 10.0 Å². The maximum atomic E-state index is 14.5. The Morgan fingerprint density at radius 3 is 2.15 bits per heavy atom. The summed E-state index contributed by atoms with van der Waals surface area (Å²) >= 11 is 12.5. The molecule has 0 bridgehead atoms. The molecule has 0 spiro atoms. The number of ether oxygens (including phenoxy) is 1. The zero-order valence-electron chi connectivity index (χ0n) is 26.2. The zero-order chi connectivity index (χ0) is 34.1. The van der Waals surface area contributed by atoms with E-state index in [2.05, 4.69) is 5.32 Å². The number of halogens is 3. The molecule has 2 atom stereocenters. The lowest BCUT2D eigenvalue weighted by Crippen LogP contribution is -2.54. The van der Waals surface area contributed by atoms with Crippen molar-refractivity contribution in [2.45, 2.75) is 50.2 Å². The third-order valence-electron chi connectivity index (χ3n) is 7.65. The third-order valence-corrected chi connectivity index (χ3v) is 10.2. The second-order valence-corrected chi connectivity index (χ2v) is 13.6. The average Bonchev–Trinajstić information content (AvgIpc) is 3.07. The van der Waals surface area contributed by atoms with E-state index in [1.54, 1.807) is 18.2 Å². The highest BCUT2D eigenvalue weighted by Gasteiger charge is 2.35. The molecule has 8 nitrogen and oxygen atoms in total. The number of rotatable bonds is 14. The minimum absolute atomic E-state index is 0.0636. The second kappa shape index (κ2) is 16.1. The average molecular weight is 701 g/mol. The quantitative estimate of drug-likeness (QED) is 0.155. The molecule has 0 saturated carbocycles. The van der Waals surface area contributed by atoms with Crippen molar-refractivity contribution in [2.24, 2.45) is 0 Å². The van der Waals surface area contributed by atoms with Crippen LogP contribution in [0, 0.1) is 5.82 Å². The Morgan fingerprint density at radius 1 is 0.894 bits per heavy atom. The minimum Gasteiger partial charge on any atom is -0.497 e. The van der Waals surface area contributed by atoms with Gasteiger partial charge in [-0.15, -0.1) is 0 Å². The summed E-state index contributed by atoms with van der Waals surface area (Å²) in [6.45, 7) is 3.02. The number of hydrogen-bond donors (Lipinski definition) is 1. The lowest BCUT2D eigenvalue weighted by Gasteiger charge is -2.34. The van der Waals surface area contributed by atoms with Crippen LogP contribution in [0.25, 0.3) is 0 Å². The number of nitrogens with one attached hydrogen (secondary N) is 1. The number of hydrogen-bond acceptors (Lipinski definition) is 5. The van der Waals surface area contributed by atoms with Crippen LogP contribution in [0.5, 0.6) is 5.75 Å². The monoisotopic (exact) mass is 699 g/mol. The Hall–Kier alpha value is -4.12. The van der Waals surface area contributed by atoms with Gasteiger partial charge >= 0.3 is 0 Å². The third kappa shape index (κ3) is 9.24. The summed E-state index contributed by atoms with van der Waals surface area (Å²) in [6.07, 6.45) is 0.806. The summed E-state index contributed by atoms with van der Waals surface area (Å²) < 4.78 is 48.3. The van der Waals surface area contributed by atoms with Gasteiger partial charge in [0.05, 0.1) is 27.7 Å². The normalized spacial score (nSPS) is 12.6. The lowest BCUT2D eigenvalue weighted by molar-refractivity contribution is -0.140. The van der Waals surface area contributed by atoms with Crippen molar-refractivity contribution in [2.75, 3.05) is 18.0 Å². The van der Waals surface area contributed by atoms with E-state index >= 15 is 0 Å². The number of carbonyl (C=O) groups excluding carboxylic acids is 2. The maximum absolute atomic E-state index is 14.5. The van der Waals surface area contributed by atoms with E-state index in [9.17, 15) is 22.4 Å². The standard InChI is InChI=1S/C35H36Cl2FN3O5S/c1-4-24(2)39-35(43)33(21-25-8-6-5-7-9-25)40(22-26-10-19-31(36)32(37)20-26)34(42)23-41(28-13-11-27(38)12-14-28)47(44,45)30-17-15-29(46-3)16-18-30/h5-20,24,33H,4,21-23H2,1-3H3,(H,39,43)/t24-,33+/m0/s1. The first-order valence-electron chi connectivity index (χ1n) is 14.9. The van der Waals surface area contributed by atoms with Crippen molar-refractivity contribution >= 4 is 50.7 Å². The Kier molecular flexibility index (Phi) is 12.3. The molecule has 47 heavy (non-hydrogen) atoms. The largest absolute Gasteiger partial charge is 0.497 e. The van der Waals surface area contributed by atoms with Crippen molar-refractivity contribution in [3.8, 4) is 5.75 Å². The molecule has 4 aromatic rings. The first-order valence-corrected chi connectivity index (χ1v) is 17.1. The maximum Gasteiger partial charge on any atom is 0.264 e. The Bertz CT molecular complexity index is 1780. The summed E-state index contributed by atoms with van der Waals surface area (Å²) in [5.74, 6) is -1.20. The molecule has 2 amide bonds. The molecule has 1 N–H and O–H groups in total. The minimum atomic E-state index is -4.36. The highest BCUT2D eigenvalue weighted by Crippen LogP contribution is 2.28. The summed E-state index contributed by atoms with van der Waals surface area (Å²) in [6, 6.07) is 23.4. The molecule has 248 valence electrons. The summed E-state index contributed by atoms with van der Waals surface area (Å²) in [4.78, 5) is 29.7. The van der Waals surface area contributed by atoms with E-state index < -0.39 is 40.2 Å². The van der Waals surface area contributed by atoms with Gasteiger partial charge in [0.1, 0.15) is 24.2 Å². The number of methoxy groups -OCH3 is 1. The van der Waals surface area contributed by atoms with Crippen molar-refractivity contribution in [1.82, 2.24) is 10.2 Å². The van der Waals surface area contributed by atoms with Crippen molar-refractivity contribution < 1.29 is 27.1 Å². The van der Waals surface area contributed by atoms with Crippen molar-refractivity contribution in [1.29, 1.82) is 0 Å². The predicted molar refractivity (Wildman–Crippen MR) is 183 cm³/mol. The van der Waals surface area contributed by atoms with Crippen molar-refractivity contribution in [3.63, 3.8) is 0 Å². The number of anilines is 1. The van der Waals surface area contributed by atoms with Crippen LogP contribution in [-0.4, -0.2) is 50.9 Å². The molecule has 12 heteroatoms. The van der Waals surface area contributed by atoms with Crippen LogP contribution >= 0.6 is 23.2 Å². The molecule has 0 aromatic heterocycles. The molecule has 0 aliphatic heterocycles. The number of nitrogens with zero attached hydrogens (tertiary/aromatic N) is 2. The SMILES string of the molecule is CC[C@H](C)NC(=O)[C@@H](Cc1ccccc1)N(Cc1ccc(Cl)c(Cl)c1)C(=O)CN(c1ccc(F)cc1)S(=O)(=O)c1ccc(OC)cc1. The molecule has 0 fully saturated rings. The van der Waals surface area contributed by atoms with Crippen LogP contribution in [0.15, 0.2) is 102 Å². The molecule has 0 heterocycles. The molecule has 0 aliphatic rings. The highest BCUT2D eigenvalue weighted by atomic mass is 35.5. The predicted octanol–water partition coefficient (Wildman–Crippen LogP) is 6.89. The van der Waals surface area contributed by atoms with Crippen molar-refractivity contribution in [3.05, 3.63) is 124 Å². The number of carbonyl (C=O) groups is 2. The van der Waals surface area contributed by atoms with E-state index in [1.165, 1.54) is 48.4 Å². The van der Waals surface area contributed by atoms with Gasteiger partial charge in [-0.3, -0.25) is 13.9 Å². The van der Waals surface area contributed by atoms with Gasteiger partial charge in [0.2, 0.25) is 11.8 Å². The summed E-state index contributed by atoms with van der Waals surface area (Å²) in [5, 5.41) is 3.56. The van der Waals surface area contributed by atoms with Gasteiger partial charge in [-0.2, -0.15) is 0 Å². The van der Waals surface area contributed by atoms with Gasteiger partial charge in [-0.05, 0) is 85.1 Å². The van der Waals surface area contributed by atoms with E-state index in [4.69, 9.17) is 27.9 Å². The van der Waals surface area contributed by atoms with E-state index in [0.29, 0.717) is 22.8 Å². The summed E-state index contributed by atoms with van der Waals surface area (Å²) in [7, 11) is -2.91. The number of sulfonamides is 1. The summed E-state index contributed by atoms with van der Waals surface area (Å²) in [5.41, 5.74) is 1.44. The smallest absolute Gasteiger partial charge is 0.264 e. The van der Waals surface area contributed by atoms with Gasteiger partial charge in [-0.25, -0.2) is 12.8 Å². The van der Waals surface area contributed by atoms with Crippen LogP contribution in [0.1, 0.15) is 31.4 Å². The van der Waals surface area contributed by atoms with Crippen LogP contribution in [-0.2, 0) is 32.6 Å². The van der Waals surface area contributed by atoms with Crippen LogP contribution in [0.3, 0.4) is 0 Å². The Morgan fingerprint density at radius 2 is 1.55 bits per heavy atom. The Balaban J connectivity index is 1.82. The van der Waals surface area contributed by atoms with Gasteiger partial charge in [0.25, 0.3) is 10.0 Å². The fraction of sp³-hybridized carbons (Fsp3) is 0.257. The molecule has 0 saturated heterocycles. The second-order valence-electron chi connectivity index (χ2n) is 11.0. The molecule has 0 radical (unpaired) electrons. The van der Waals surface area contributed by atoms with E-state index in [1.807, 2.05) is 44.2 Å². The lowest BCUT2D eigenvalue weighted by atomic mass is 10.0. The first kappa shape index (κ1) is 35.7. The fourth-order valence-corrected chi connectivity index (χ4v) is 6.58. The zero-order valence-corrected chi connectivity index (χ0v) is 28.5. The highest BCUT2D eigenvalue weighted by molar-refractivity contribution is 7.92. The van der Waals surface area contributed by atoms with Gasteiger partial charge in [0.15, 0.2) is 0 Å². The van der Waals surface area contributed by atoms with Gasteiger partial charge < -0.3 is 15.0 Å². The number of benzene rings is 4. The van der Waals surface area contributed by atoms with Gasteiger partial charge in [0, 0.05) is 19.0 Å². The van der Waals surface area contributed by atoms with E-state index in [0.717, 1.165) is 22.0 Å². The first-order chi connectivity index (χ1) is 22.4. The molecule has 4 aromatic carbocycles. The van der Waals surface area contributed by atoms with Crippen LogP contribution in [0.4, 0.5) is 10.1 Å². The van der Waals surface area contributed by atoms with E-state index in [-0.39, 0.29) is 34.6 Å². The molecular weight excluding hydrogens is 664 g/mol.